The minimum absolute atomic E-state index is 0.139. The van der Waals surface area contributed by atoms with E-state index in [2.05, 4.69) is 10.6 Å². The van der Waals surface area contributed by atoms with Gasteiger partial charge in [-0.05, 0) is 36.8 Å². The second kappa shape index (κ2) is 5.87. The highest BCUT2D eigenvalue weighted by Crippen LogP contribution is 2.40. The van der Waals surface area contributed by atoms with Crippen molar-refractivity contribution in [1.82, 2.24) is 0 Å². The lowest BCUT2D eigenvalue weighted by Crippen LogP contribution is -2.30. The molecule has 4 rings (SSSR count). The Balaban J connectivity index is 1.87. The molecule has 2 aliphatic rings. The Morgan fingerprint density at radius 1 is 1.08 bits per heavy atom. The lowest BCUT2D eigenvalue weighted by atomic mass is 9.93. The first-order valence-electron chi connectivity index (χ1n) is 7.94. The van der Waals surface area contributed by atoms with E-state index in [4.69, 9.17) is 16.3 Å². The van der Waals surface area contributed by atoms with E-state index in [1.54, 1.807) is 0 Å². The molecule has 2 aromatic rings. The molecule has 0 amide bonds. The molecule has 0 bridgehead atoms. The van der Waals surface area contributed by atoms with E-state index < -0.39 is 0 Å². The van der Waals surface area contributed by atoms with E-state index in [9.17, 15) is 4.79 Å². The number of hydrogen-bond acceptors (Lipinski definition) is 4. The van der Waals surface area contributed by atoms with Crippen LogP contribution in [-0.4, -0.2) is 12.1 Å². The Kier molecular flexibility index (Phi) is 3.69. The van der Waals surface area contributed by atoms with Gasteiger partial charge in [-0.1, -0.05) is 35.9 Å². The summed E-state index contributed by atoms with van der Waals surface area (Å²) in [5.41, 5.74) is 4.43. The normalized spacial score (nSPS) is 22.5. The predicted molar refractivity (Wildman–Crippen MR) is 95.1 cm³/mol. The predicted octanol–water partition coefficient (Wildman–Crippen LogP) is 4.51. The Labute approximate surface area is 145 Å². The molecule has 2 heterocycles. The summed E-state index contributed by atoms with van der Waals surface area (Å²) >= 11 is 6.01. The van der Waals surface area contributed by atoms with Gasteiger partial charge in [-0.15, -0.1) is 0 Å². The zero-order valence-electron chi connectivity index (χ0n) is 13.2. The fraction of sp³-hybridized carbons (Fsp3) is 0.211. The molecule has 5 heteroatoms. The topological polar surface area (TPSA) is 50.4 Å². The van der Waals surface area contributed by atoms with Gasteiger partial charge in [0.1, 0.15) is 6.10 Å². The average Bonchev–Trinajstić information content (AvgIpc) is 2.72. The van der Waals surface area contributed by atoms with Crippen LogP contribution in [0.5, 0.6) is 0 Å². The van der Waals surface area contributed by atoms with Crippen LogP contribution in [0.2, 0.25) is 5.02 Å². The van der Waals surface area contributed by atoms with Crippen LogP contribution < -0.4 is 10.6 Å². The van der Waals surface area contributed by atoms with Crippen molar-refractivity contribution in [2.24, 2.45) is 0 Å². The monoisotopic (exact) mass is 340 g/mol. The Bertz CT molecular complexity index is 830. The quantitative estimate of drug-likeness (QED) is 0.750. The molecule has 0 fully saturated rings. The number of benzene rings is 2. The van der Waals surface area contributed by atoms with Crippen molar-refractivity contribution in [2.45, 2.75) is 25.5 Å². The van der Waals surface area contributed by atoms with Crippen LogP contribution in [0.25, 0.3) is 0 Å². The molecule has 4 nitrogen and oxygen atoms in total. The van der Waals surface area contributed by atoms with Crippen LogP contribution in [0, 0.1) is 0 Å². The summed E-state index contributed by atoms with van der Waals surface area (Å²) in [4.78, 5) is 12.6. The minimum atomic E-state index is -0.284. The molecule has 0 unspecified atom stereocenters. The van der Waals surface area contributed by atoms with Crippen molar-refractivity contribution in [2.75, 3.05) is 10.6 Å². The highest BCUT2D eigenvalue weighted by atomic mass is 35.5. The third-order valence-electron chi connectivity index (χ3n) is 4.35. The summed E-state index contributed by atoms with van der Waals surface area (Å²) in [5, 5.41) is 7.57. The van der Waals surface area contributed by atoms with Gasteiger partial charge in [-0.25, -0.2) is 4.79 Å². The summed E-state index contributed by atoms with van der Waals surface area (Å²) in [7, 11) is 0. The number of carbonyl (C=O) groups is 1. The van der Waals surface area contributed by atoms with E-state index in [0.29, 0.717) is 17.0 Å². The molecule has 2 aromatic carbocycles. The molecule has 0 aromatic heterocycles. The molecule has 2 aliphatic heterocycles. The van der Waals surface area contributed by atoms with Crippen LogP contribution in [0.1, 0.15) is 24.9 Å². The molecule has 0 saturated heterocycles. The number of ether oxygens (including phenoxy) is 1. The number of anilines is 2. The smallest absolute Gasteiger partial charge is 0.338 e. The van der Waals surface area contributed by atoms with E-state index in [-0.39, 0.29) is 18.1 Å². The summed E-state index contributed by atoms with van der Waals surface area (Å²) in [5.74, 6) is -0.281. The molecule has 2 N–H and O–H groups in total. The summed E-state index contributed by atoms with van der Waals surface area (Å²) < 4.78 is 5.48. The van der Waals surface area contributed by atoms with Crippen molar-refractivity contribution < 1.29 is 9.53 Å². The van der Waals surface area contributed by atoms with Gasteiger partial charge in [-0.3, -0.25) is 0 Å². The number of rotatable bonds is 1. The maximum absolute atomic E-state index is 12.6. The van der Waals surface area contributed by atoms with Crippen molar-refractivity contribution >= 4 is 28.9 Å². The molecular formula is C19H17ClN2O2. The van der Waals surface area contributed by atoms with E-state index in [0.717, 1.165) is 22.6 Å². The zero-order valence-corrected chi connectivity index (χ0v) is 13.9. The number of hydrogen-bond donors (Lipinski definition) is 2. The minimum Gasteiger partial charge on any atom is -0.459 e. The van der Waals surface area contributed by atoms with Crippen LogP contribution in [0.15, 0.2) is 59.8 Å². The van der Waals surface area contributed by atoms with Gasteiger partial charge in [0.05, 0.1) is 23.0 Å². The van der Waals surface area contributed by atoms with Crippen LogP contribution in [0.3, 0.4) is 0 Å². The lowest BCUT2D eigenvalue weighted by molar-refractivity contribution is -0.145. The number of halogens is 1. The third-order valence-corrected chi connectivity index (χ3v) is 4.60. The zero-order chi connectivity index (χ0) is 16.7. The summed E-state index contributed by atoms with van der Waals surface area (Å²) in [6, 6.07) is 15.2. The molecule has 2 atom stereocenters. The van der Waals surface area contributed by atoms with E-state index >= 15 is 0 Å². The van der Waals surface area contributed by atoms with Crippen LogP contribution >= 0.6 is 11.6 Å². The standard InChI is InChI=1S/C19H17ClN2O2/c1-11-10-16-17(19(23)24-11)18(12-6-8-13(20)9-7-12)22-15-5-3-2-4-14(15)21-16/h2-9,11,18,21-22H,10H2,1H3/t11-,18-/m0/s1. The number of cyclic esters (lactones) is 1. The van der Waals surface area contributed by atoms with Gasteiger partial charge in [0.15, 0.2) is 0 Å². The largest absolute Gasteiger partial charge is 0.459 e. The van der Waals surface area contributed by atoms with Gasteiger partial charge in [0.25, 0.3) is 0 Å². The van der Waals surface area contributed by atoms with Crippen molar-refractivity contribution in [3.05, 3.63) is 70.4 Å². The van der Waals surface area contributed by atoms with E-state index in [1.165, 1.54) is 0 Å². The molecule has 0 radical (unpaired) electrons. The second-order valence-corrected chi connectivity index (χ2v) is 6.55. The fourth-order valence-corrected chi connectivity index (χ4v) is 3.36. The summed E-state index contributed by atoms with van der Waals surface area (Å²) in [6.45, 7) is 1.91. The van der Waals surface area contributed by atoms with Gasteiger partial charge in [0.2, 0.25) is 0 Å². The van der Waals surface area contributed by atoms with Crippen LogP contribution in [-0.2, 0) is 9.53 Å². The highest BCUT2D eigenvalue weighted by Gasteiger charge is 2.35. The maximum atomic E-state index is 12.6. The van der Waals surface area contributed by atoms with Gasteiger partial charge < -0.3 is 15.4 Å². The number of para-hydroxylation sites is 2. The molecular weight excluding hydrogens is 324 g/mol. The first-order chi connectivity index (χ1) is 11.6. The summed E-state index contributed by atoms with van der Waals surface area (Å²) in [6.07, 6.45) is 0.529. The number of esters is 1. The van der Waals surface area contributed by atoms with Crippen molar-refractivity contribution in [3.8, 4) is 0 Å². The first kappa shape index (κ1) is 15.1. The SMILES string of the molecule is C[C@H]1CC2=C(C(=O)O1)[C@H](c1ccc(Cl)cc1)Nc1ccccc1N2. The Hall–Kier alpha value is -2.46. The van der Waals surface area contributed by atoms with Crippen molar-refractivity contribution in [3.63, 3.8) is 0 Å². The molecule has 0 saturated carbocycles. The highest BCUT2D eigenvalue weighted by molar-refractivity contribution is 6.30. The van der Waals surface area contributed by atoms with Crippen LogP contribution in [0.4, 0.5) is 11.4 Å². The number of fused-ring (bicyclic) bond motifs is 1. The van der Waals surface area contributed by atoms with Gasteiger partial charge >= 0.3 is 5.97 Å². The Morgan fingerprint density at radius 2 is 1.79 bits per heavy atom. The fourth-order valence-electron chi connectivity index (χ4n) is 3.23. The third kappa shape index (κ3) is 2.63. The first-order valence-corrected chi connectivity index (χ1v) is 8.31. The van der Waals surface area contributed by atoms with E-state index in [1.807, 2.05) is 55.5 Å². The Morgan fingerprint density at radius 3 is 2.54 bits per heavy atom. The number of nitrogens with one attached hydrogen (secondary N) is 2. The lowest BCUT2D eigenvalue weighted by Gasteiger charge is -2.28. The van der Waals surface area contributed by atoms with Crippen molar-refractivity contribution in [1.29, 1.82) is 0 Å². The number of carbonyl (C=O) groups excluding carboxylic acids is 1. The van der Waals surface area contributed by atoms with Gasteiger partial charge in [0, 0.05) is 17.1 Å². The molecule has 24 heavy (non-hydrogen) atoms. The average molecular weight is 341 g/mol. The molecule has 122 valence electrons. The maximum Gasteiger partial charge on any atom is 0.338 e. The molecule has 0 aliphatic carbocycles. The van der Waals surface area contributed by atoms with Gasteiger partial charge in [-0.2, -0.15) is 0 Å². The second-order valence-electron chi connectivity index (χ2n) is 6.11. The molecule has 0 spiro atoms.